The minimum Gasteiger partial charge on any atom is -0.550 e. The van der Waals surface area contributed by atoms with E-state index in [9.17, 15) is 20.1 Å². The Morgan fingerprint density at radius 2 is 1.45 bits per heavy atom. The molecular formula is C18H31O4-. The Kier molecular flexibility index (Phi) is 14.0. The molecule has 0 rings (SSSR count). The van der Waals surface area contributed by atoms with Crippen molar-refractivity contribution in [2.75, 3.05) is 0 Å². The molecule has 0 amide bonds. The van der Waals surface area contributed by atoms with Crippen LogP contribution in [0.3, 0.4) is 0 Å². The third-order valence-electron chi connectivity index (χ3n) is 3.52. The zero-order chi connectivity index (χ0) is 16.6. The smallest absolute Gasteiger partial charge is 0.0836 e. The van der Waals surface area contributed by atoms with E-state index in [2.05, 4.69) is 0 Å². The number of carboxylic acids is 1. The molecule has 0 aromatic heterocycles. The van der Waals surface area contributed by atoms with Crippen LogP contribution in [0.4, 0.5) is 0 Å². The van der Waals surface area contributed by atoms with Gasteiger partial charge in [-0.15, -0.1) is 0 Å². The van der Waals surface area contributed by atoms with Crippen LogP contribution in [0, 0.1) is 0 Å². The average molecular weight is 311 g/mol. The van der Waals surface area contributed by atoms with Gasteiger partial charge in [0.25, 0.3) is 0 Å². The van der Waals surface area contributed by atoms with Gasteiger partial charge in [-0.25, -0.2) is 0 Å². The minimum absolute atomic E-state index is 0.160. The van der Waals surface area contributed by atoms with E-state index in [1.165, 1.54) is 0 Å². The molecule has 128 valence electrons. The number of aliphatic hydroxyl groups excluding tert-OH is 2. The fourth-order valence-corrected chi connectivity index (χ4v) is 2.13. The summed E-state index contributed by atoms with van der Waals surface area (Å²) >= 11 is 0. The van der Waals surface area contributed by atoms with Crippen molar-refractivity contribution in [3.63, 3.8) is 0 Å². The number of allylic oxidation sites excluding steroid dienone is 2. The van der Waals surface area contributed by atoms with Crippen LogP contribution in [0.25, 0.3) is 0 Å². The van der Waals surface area contributed by atoms with Gasteiger partial charge in [-0.1, -0.05) is 50.5 Å². The van der Waals surface area contributed by atoms with Gasteiger partial charge in [0.2, 0.25) is 0 Å². The Morgan fingerprint density at radius 3 is 2.05 bits per heavy atom. The lowest BCUT2D eigenvalue weighted by atomic mass is 10.1. The monoisotopic (exact) mass is 311 g/mol. The second-order valence-corrected chi connectivity index (χ2v) is 5.64. The molecule has 0 saturated carbocycles. The zero-order valence-corrected chi connectivity index (χ0v) is 13.7. The van der Waals surface area contributed by atoms with Crippen LogP contribution in [0.2, 0.25) is 0 Å². The van der Waals surface area contributed by atoms with Crippen LogP contribution in [0.1, 0.15) is 71.1 Å². The molecule has 2 atom stereocenters. The highest BCUT2D eigenvalue weighted by Gasteiger charge is 2.12. The van der Waals surface area contributed by atoms with Gasteiger partial charge in [0, 0.05) is 5.97 Å². The Bertz CT molecular complexity index is 323. The van der Waals surface area contributed by atoms with Crippen LogP contribution in [-0.2, 0) is 4.79 Å². The summed E-state index contributed by atoms with van der Waals surface area (Å²) in [5, 5.41) is 29.7. The Balaban J connectivity index is 3.49. The first kappa shape index (κ1) is 20.9. The van der Waals surface area contributed by atoms with E-state index in [4.69, 9.17) is 0 Å². The molecule has 0 fully saturated rings. The molecule has 0 heterocycles. The van der Waals surface area contributed by atoms with Gasteiger partial charge >= 0.3 is 0 Å². The molecule has 0 bridgehead atoms. The molecule has 0 aliphatic rings. The predicted octanol–water partition coefficient (Wildman–Crippen LogP) is 2.49. The molecule has 2 N–H and O–H groups in total. The van der Waals surface area contributed by atoms with E-state index in [1.54, 1.807) is 0 Å². The number of carbonyl (C=O) groups excluding carboxylic acids is 1. The lowest BCUT2D eigenvalue weighted by molar-refractivity contribution is -0.305. The normalized spacial score (nSPS) is 14.7. The molecule has 4 nitrogen and oxygen atoms in total. The van der Waals surface area contributed by atoms with E-state index in [-0.39, 0.29) is 6.42 Å². The van der Waals surface area contributed by atoms with Gasteiger partial charge in [0.05, 0.1) is 12.2 Å². The number of hydrogen-bond donors (Lipinski definition) is 2. The van der Waals surface area contributed by atoms with E-state index >= 15 is 0 Å². The van der Waals surface area contributed by atoms with Gasteiger partial charge in [0.1, 0.15) is 0 Å². The maximum atomic E-state index is 10.2. The SMILES string of the molecule is CC/C=C\CC(O)C(O)C/C=C\CCCCCCCC(=O)[O-]. The topological polar surface area (TPSA) is 80.6 Å². The summed E-state index contributed by atoms with van der Waals surface area (Å²) in [7, 11) is 0. The summed E-state index contributed by atoms with van der Waals surface area (Å²) in [5.74, 6) is -0.964. The first-order valence-electron chi connectivity index (χ1n) is 8.43. The molecule has 0 aliphatic heterocycles. The van der Waals surface area contributed by atoms with Crippen LogP contribution in [-0.4, -0.2) is 28.4 Å². The van der Waals surface area contributed by atoms with Crippen molar-refractivity contribution in [1.29, 1.82) is 0 Å². The third kappa shape index (κ3) is 13.8. The molecule has 4 heteroatoms. The molecule has 0 spiro atoms. The number of carboxylic acid groups (broad SMARTS) is 1. The van der Waals surface area contributed by atoms with Crippen molar-refractivity contribution in [2.45, 2.75) is 83.3 Å². The second-order valence-electron chi connectivity index (χ2n) is 5.64. The summed E-state index contributed by atoms with van der Waals surface area (Å²) in [6, 6.07) is 0. The highest BCUT2D eigenvalue weighted by atomic mass is 16.4. The van der Waals surface area contributed by atoms with Crippen molar-refractivity contribution in [3.05, 3.63) is 24.3 Å². The zero-order valence-electron chi connectivity index (χ0n) is 13.7. The summed E-state index contributed by atoms with van der Waals surface area (Å²) < 4.78 is 0. The predicted molar refractivity (Wildman–Crippen MR) is 87.1 cm³/mol. The Labute approximate surface area is 134 Å². The fraction of sp³-hybridized carbons (Fsp3) is 0.722. The lowest BCUT2D eigenvalue weighted by Crippen LogP contribution is -2.24. The fourth-order valence-electron chi connectivity index (χ4n) is 2.13. The highest BCUT2D eigenvalue weighted by Crippen LogP contribution is 2.09. The molecule has 0 radical (unpaired) electrons. The largest absolute Gasteiger partial charge is 0.550 e. The van der Waals surface area contributed by atoms with E-state index in [0.29, 0.717) is 19.3 Å². The van der Waals surface area contributed by atoms with Crippen molar-refractivity contribution in [1.82, 2.24) is 0 Å². The van der Waals surface area contributed by atoms with Crippen molar-refractivity contribution in [2.24, 2.45) is 0 Å². The van der Waals surface area contributed by atoms with Gasteiger partial charge in [-0.3, -0.25) is 0 Å². The molecule has 0 aromatic carbocycles. The maximum absolute atomic E-state index is 10.2. The molecule has 22 heavy (non-hydrogen) atoms. The third-order valence-corrected chi connectivity index (χ3v) is 3.52. The van der Waals surface area contributed by atoms with E-state index < -0.39 is 18.2 Å². The number of aliphatic hydroxyl groups is 2. The summed E-state index contributed by atoms with van der Waals surface area (Å²) in [6.45, 7) is 2.03. The van der Waals surface area contributed by atoms with Crippen LogP contribution >= 0.6 is 0 Å². The second kappa shape index (κ2) is 14.8. The summed E-state index contributed by atoms with van der Waals surface area (Å²) in [4.78, 5) is 10.2. The highest BCUT2D eigenvalue weighted by molar-refractivity contribution is 5.63. The lowest BCUT2D eigenvalue weighted by Gasteiger charge is -2.14. The molecule has 0 aromatic rings. The first-order chi connectivity index (χ1) is 10.6. The number of unbranched alkanes of at least 4 members (excludes halogenated alkanes) is 5. The van der Waals surface area contributed by atoms with Gasteiger partial charge in [-0.2, -0.15) is 0 Å². The summed E-state index contributed by atoms with van der Waals surface area (Å²) in [5.41, 5.74) is 0. The number of rotatable bonds is 14. The minimum atomic E-state index is -0.964. The molecule has 0 saturated heterocycles. The molecule has 0 aliphatic carbocycles. The van der Waals surface area contributed by atoms with Crippen LogP contribution in [0.15, 0.2) is 24.3 Å². The Morgan fingerprint density at radius 1 is 0.909 bits per heavy atom. The van der Waals surface area contributed by atoms with Crippen LogP contribution < -0.4 is 5.11 Å². The van der Waals surface area contributed by atoms with E-state index in [0.717, 1.165) is 38.5 Å². The van der Waals surface area contributed by atoms with Gasteiger partial charge in [0.15, 0.2) is 0 Å². The Hall–Kier alpha value is -1.13. The van der Waals surface area contributed by atoms with Crippen LogP contribution in [0.5, 0.6) is 0 Å². The van der Waals surface area contributed by atoms with Gasteiger partial charge in [-0.05, 0) is 44.9 Å². The maximum Gasteiger partial charge on any atom is 0.0836 e. The number of aliphatic carboxylic acids is 1. The van der Waals surface area contributed by atoms with Crippen molar-refractivity contribution >= 4 is 5.97 Å². The molecule has 2 unspecified atom stereocenters. The standard InChI is InChI=1S/C18H32O4/c1-2-3-10-13-16(19)17(20)14-11-8-6-4-5-7-9-12-15-18(21)22/h3,8,10-11,16-17,19-20H,2,4-7,9,12-15H2,1H3,(H,21,22)/p-1/b10-3-,11-8-. The van der Waals surface area contributed by atoms with E-state index in [1.807, 2.05) is 31.2 Å². The van der Waals surface area contributed by atoms with Gasteiger partial charge < -0.3 is 20.1 Å². The number of hydrogen-bond acceptors (Lipinski definition) is 4. The van der Waals surface area contributed by atoms with Crippen molar-refractivity contribution in [3.8, 4) is 0 Å². The average Bonchev–Trinajstić information content (AvgIpc) is 2.48. The van der Waals surface area contributed by atoms with Crippen molar-refractivity contribution < 1.29 is 20.1 Å². The molecular weight excluding hydrogens is 280 g/mol. The quantitative estimate of drug-likeness (QED) is 0.381. The summed E-state index contributed by atoms with van der Waals surface area (Å²) in [6.07, 6.45) is 14.3. The number of carbonyl (C=O) groups is 1. The first-order valence-corrected chi connectivity index (χ1v) is 8.43.